The van der Waals surface area contributed by atoms with Crippen LogP contribution < -0.4 is 5.32 Å². The van der Waals surface area contributed by atoms with Crippen molar-refractivity contribution in [1.29, 1.82) is 0 Å². The zero-order chi connectivity index (χ0) is 14.8. The second-order valence-corrected chi connectivity index (χ2v) is 5.52. The minimum atomic E-state index is -0.894. The van der Waals surface area contributed by atoms with E-state index in [9.17, 15) is 9.90 Å². The highest BCUT2D eigenvalue weighted by molar-refractivity contribution is 5.96. The maximum absolute atomic E-state index is 12.2. The van der Waals surface area contributed by atoms with Crippen molar-refractivity contribution in [2.45, 2.75) is 46.6 Å². The number of nitrogens with one attached hydrogen (secondary N) is 1. The SMILES string of the molecule is CC[C@H](C)[C@@](C)(O)CNC(=O)c1c(C)nn(C)c1C. The summed E-state index contributed by atoms with van der Waals surface area (Å²) in [7, 11) is 1.81. The Balaban J connectivity index is 2.76. The van der Waals surface area contributed by atoms with Gasteiger partial charge in [0.1, 0.15) is 0 Å². The van der Waals surface area contributed by atoms with Crippen molar-refractivity contribution in [3.8, 4) is 0 Å². The summed E-state index contributed by atoms with van der Waals surface area (Å²) >= 11 is 0. The van der Waals surface area contributed by atoms with Gasteiger partial charge in [-0.1, -0.05) is 20.3 Å². The van der Waals surface area contributed by atoms with Crippen molar-refractivity contribution in [3.63, 3.8) is 0 Å². The molecule has 0 radical (unpaired) electrons. The van der Waals surface area contributed by atoms with Crippen LogP contribution in [0.2, 0.25) is 0 Å². The number of aryl methyl sites for hydroxylation is 2. The molecule has 1 amide bonds. The first kappa shape index (κ1) is 15.7. The highest BCUT2D eigenvalue weighted by Crippen LogP contribution is 2.19. The summed E-state index contributed by atoms with van der Waals surface area (Å²) in [5.74, 6) is -0.0458. The van der Waals surface area contributed by atoms with Crippen LogP contribution in [-0.4, -0.2) is 32.9 Å². The summed E-state index contributed by atoms with van der Waals surface area (Å²) in [6.07, 6.45) is 0.869. The molecule has 0 unspecified atom stereocenters. The Kier molecular flexibility index (Phi) is 4.74. The molecule has 0 spiro atoms. The lowest BCUT2D eigenvalue weighted by molar-refractivity contribution is 0.00591. The highest BCUT2D eigenvalue weighted by Gasteiger charge is 2.28. The van der Waals surface area contributed by atoms with E-state index in [1.54, 1.807) is 11.6 Å². The van der Waals surface area contributed by atoms with E-state index in [1.165, 1.54) is 0 Å². The molecule has 2 atom stereocenters. The van der Waals surface area contributed by atoms with E-state index < -0.39 is 5.60 Å². The fourth-order valence-corrected chi connectivity index (χ4v) is 2.06. The third-order valence-electron chi connectivity index (χ3n) is 4.02. The normalized spacial score (nSPS) is 15.9. The van der Waals surface area contributed by atoms with Gasteiger partial charge in [-0.2, -0.15) is 5.10 Å². The zero-order valence-electron chi connectivity index (χ0n) is 12.7. The molecule has 0 bridgehead atoms. The molecule has 0 aliphatic rings. The van der Waals surface area contributed by atoms with Crippen LogP contribution in [0, 0.1) is 19.8 Å². The molecule has 1 rings (SSSR count). The number of carbonyl (C=O) groups excluding carboxylic acids is 1. The Labute approximate surface area is 115 Å². The quantitative estimate of drug-likeness (QED) is 0.851. The second-order valence-electron chi connectivity index (χ2n) is 5.52. The number of aliphatic hydroxyl groups is 1. The summed E-state index contributed by atoms with van der Waals surface area (Å²) < 4.78 is 1.69. The van der Waals surface area contributed by atoms with Crippen LogP contribution >= 0.6 is 0 Å². The average Bonchev–Trinajstić information content (AvgIpc) is 2.59. The van der Waals surface area contributed by atoms with Crippen molar-refractivity contribution < 1.29 is 9.90 Å². The van der Waals surface area contributed by atoms with Crippen LogP contribution in [0.4, 0.5) is 0 Å². The lowest BCUT2D eigenvalue weighted by atomic mass is 9.88. The number of aromatic nitrogens is 2. The van der Waals surface area contributed by atoms with E-state index in [2.05, 4.69) is 10.4 Å². The van der Waals surface area contributed by atoms with E-state index in [1.807, 2.05) is 34.7 Å². The number of amides is 1. The van der Waals surface area contributed by atoms with Crippen LogP contribution in [-0.2, 0) is 7.05 Å². The molecular formula is C14H25N3O2. The molecule has 5 heteroatoms. The Morgan fingerprint density at radius 1 is 1.53 bits per heavy atom. The maximum Gasteiger partial charge on any atom is 0.255 e. The number of carbonyl (C=O) groups is 1. The topological polar surface area (TPSA) is 67.2 Å². The van der Waals surface area contributed by atoms with Crippen molar-refractivity contribution in [2.24, 2.45) is 13.0 Å². The van der Waals surface area contributed by atoms with E-state index >= 15 is 0 Å². The van der Waals surface area contributed by atoms with Crippen molar-refractivity contribution in [2.75, 3.05) is 6.54 Å². The molecule has 0 saturated carbocycles. The average molecular weight is 267 g/mol. The fourth-order valence-electron chi connectivity index (χ4n) is 2.06. The fraction of sp³-hybridized carbons (Fsp3) is 0.714. The van der Waals surface area contributed by atoms with Gasteiger partial charge in [-0.15, -0.1) is 0 Å². The predicted molar refractivity (Wildman–Crippen MR) is 75.1 cm³/mol. The van der Waals surface area contributed by atoms with Gasteiger partial charge < -0.3 is 10.4 Å². The summed E-state index contributed by atoms with van der Waals surface area (Å²) in [6, 6.07) is 0. The Morgan fingerprint density at radius 3 is 2.53 bits per heavy atom. The van der Waals surface area contributed by atoms with Gasteiger partial charge in [0, 0.05) is 19.3 Å². The molecule has 108 valence electrons. The first-order chi connectivity index (χ1) is 8.70. The maximum atomic E-state index is 12.2. The number of hydrogen-bond donors (Lipinski definition) is 2. The van der Waals surface area contributed by atoms with Gasteiger partial charge in [-0.3, -0.25) is 9.48 Å². The largest absolute Gasteiger partial charge is 0.388 e. The number of hydrogen-bond acceptors (Lipinski definition) is 3. The molecule has 1 heterocycles. The minimum Gasteiger partial charge on any atom is -0.388 e. The zero-order valence-corrected chi connectivity index (χ0v) is 12.7. The first-order valence-corrected chi connectivity index (χ1v) is 6.71. The van der Waals surface area contributed by atoms with Crippen LogP contribution in [0.1, 0.15) is 48.9 Å². The molecule has 19 heavy (non-hydrogen) atoms. The third kappa shape index (κ3) is 3.35. The van der Waals surface area contributed by atoms with Gasteiger partial charge in [0.2, 0.25) is 0 Å². The Bertz CT molecular complexity index is 464. The Morgan fingerprint density at radius 2 is 2.11 bits per heavy atom. The van der Waals surface area contributed by atoms with E-state index in [4.69, 9.17) is 0 Å². The molecule has 0 saturated heterocycles. The van der Waals surface area contributed by atoms with Crippen LogP contribution in [0.5, 0.6) is 0 Å². The van der Waals surface area contributed by atoms with Crippen molar-refractivity contribution in [3.05, 3.63) is 17.0 Å². The van der Waals surface area contributed by atoms with E-state index in [0.29, 0.717) is 11.3 Å². The molecule has 0 aliphatic heterocycles. The van der Waals surface area contributed by atoms with Gasteiger partial charge in [-0.25, -0.2) is 0 Å². The molecular weight excluding hydrogens is 242 g/mol. The lowest BCUT2D eigenvalue weighted by Gasteiger charge is -2.29. The minimum absolute atomic E-state index is 0.129. The van der Waals surface area contributed by atoms with Gasteiger partial charge in [0.05, 0.1) is 16.9 Å². The number of nitrogens with zero attached hydrogens (tertiary/aromatic N) is 2. The van der Waals surface area contributed by atoms with Crippen LogP contribution in [0.25, 0.3) is 0 Å². The van der Waals surface area contributed by atoms with Crippen LogP contribution in [0.15, 0.2) is 0 Å². The molecule has 0 fully saturated rings. The summed E-state index contributed by atoms with van der Waals surface area (Å²) in [6.45, 7) is 9.68. The van der Waals surface area contributed by atoms with E-state index in [-0.39, 0.29) is 18.4 Å². The molecule has 1 aromatic rings. The van der Waals surface area contributed by atoms with Gasteiger partial charge >= 0.3 is 0 Å². The summed E-state index contributed by atoms with van der Waals surface area (Å²) in [5, 5.41) is 17.3. The first-order valence-electron chi connectivity index (χ1n) is 6.71. The smallest absolute Gasteiger partial charge is 0.255 e. The van der Waals surface area contributed by atoms with Crippen LogP contribution in [0.3, 0.4) is 0 Å². The summed E-state index contributed by atoms with van der Waals surface area (Å²) in [4.78, 5) is 12.2. The number of rotatable bonds is 5. The van der Waals surface area contributed by atoms with Crippen molar-refractivity contribution >= 4 is 5.91 Å². The molecule has 0 aromatic carbocycles. The predicted octanol–water partition coefficient (Wildman–Crippen LogP) is 1.56. The Hall–Kier alpha value is -1.36. The second kappa shape index (κ2) is 5.74. The monoisotopic (exact) mass is 267 g/mol. The van der Waals surface area contributed by atoms with E-state index in [0.717, 1.165) is 12.1 Å². The molecule has 1 aromatic heterocycles. The van der Waals surface area contributed by atoms with Gasteiger partial charge in [0.25, 0.3) is 5.91 Å². The van der Waals surface area contributed by atoms with Gasteiger partial charge in [-0.05, 0) is 26.7 Å². The standard InChI is InChI=1S/C14H25N3O2/c1-7-9(2)14(5,19)8-15-13(18)12-10(3)16-17(6)11(12)4/h9,19H,7-8H2,1-6H3,(H,15,18)/t9-,14-/m0/s1. The lowest BCUT2D eigenvalue weighted by Crippen LogP contribution is -2.45. The van der Waals surface area contributed by atoms with Gasteiger partial charge in [0.15, 0.2) is 0 Å². The summed E-state index contributed by atoms with van der Waals surface area (Å²) in [5.41, 5.74) is 1.25. The van der Waals surface area contributed by atoms with Crippen molar-refractivity contribution in [1.82, 2.24) is 15.1 Å². The molecule has 2 N–H and O–H groups in total. The highest BCUT2D eigenvalue weighted by atomic mass is 16.3. The third-order valence-corrected chi connectivity index (χ3v) is 4.02. The molecule has 0 aliphatic carbocycles. The molecule has 5 nitrogen and oxygen atoms in total.